The maximum Gasteiger partial charge on any atom is 0.138 e. The molecule has 102 valence electrons. The number of nitrogens with one attached hydrogen (secondary N) is 1. The molecule has 0 spiro atoms. The van der Waals surface area contributed by atoms with Crippen molar-refractivity contribution in [3.63, 3.8) is 0 Å². The molecule has 0 bridgehead atoms. The molecule has 1 aromatic heterocycles. The maximum atomic E-state index is 13.4. The summed E-state index contributed by atoms with van der Waals surface area (Å²) < 4.78 is 18.6. The second-order valence-electron chi connectivity index (χ2n) is 4.96. The van der Waals surface area contributed by atoms with Crippen LogP contribution in [0.25, 0.3) is 11.3 Å². The Morgan fingerprint density at radius 3 is 2.58 bits per heavy atom. The number of aliphatic hydroxyl groups is 1. The summed E-state index contributed by atoms with van der Waals surface area (Å²) in [6, 6.07) is 4.26. The lowest BCUT2D eigenvalue weighted by atomic mass is 10.1. The van der Waals surface area contributed by atoms with Crippen molar-refractivity contribution in [2.45, 2.75) is 26.4 Å². The lowest BCUT2D eigenvalue weighted by Crippen LogP contribution is -2.17. The fraction of sp³-hybridized carbons (Fsp3) is 0.357. The van der Waals surface area contributed by atoms with Crippen LogP contribution in [0.3, 0.4) is 0 Å². The van der Waals surface area contributed by atoms with E-state index in [4.69, 9.17) is 4.74 Å². The van der Waals surface area contributed by atoms with E-state index in [2.05, 4.69) is 9.97 Å². The van der Waals surface area contributed by atoms with Crippen LogP contribution in [0, 0.1) is 12.7 Å². The number of hydrogen-bond acceptors (Lipinski definition) is 3. The number of benzene rings is 1. The SMILES string of the molecule is COc1ccc(F)cc1-c1nc(C(C)(C)O)[nH]c1C. The number of aromatic nitrogens is 2. The Morgan fingerprint density at radius 2 is 2.05 bits per heavy atom. The van der Waals surface area contributed by atoms with Gasteiger partial charge in [0, 0.05) is 11.3 Å². The van der Waals surface area contributed by atoms with Gasteiger partial charge in [0.25, 0.3) is 0 Å². The van der Waals surface area contributed by atoms with Crippen LogP contribution < -0.4 is 4.74 Å². The summed E-state index contributed by atoms with van der Waals surface area (Å²) in [6.07, 6.45) is 0. The Kier molecular flexibility index (Phi) is 3.32. The zero-order valence-corrected chi connectivity index (χ0v) is 11.4. The van der Waals surface area contributed by atoms with E-state index in [-0.39, 0.29) is 5.82 Å². The average molecular weight is 264 g/mol. The largest absolute Gasteiger partial charge is 0.496 e. The molecule has 5 heteroatoms. The smallest absolute Gasteiger partial charge is 0.138 e. The molecule has 0 radical (unpaired) electrons. The highest BCUT2D eigenvalue weighted by Crippen LogP contribution is 2.32. The lowest BCUT2D eigenvalue weighted by molar-refractivity contribution is 0.0696. The highest BCUT2D eigenvalue weighted by Gasteiger charge is 2.23. The van der Waals surface area contributed by atoms with Gasteiger partial charge in [0.2, 0.25) is 0 Å². The van der Waals surface area contributed by atoms with Crippen LogP contribution in [0.2, 0.25) is 0 Å². The molecule has 4 nitrogen and oxygen atoms in total. The molecule has 0 atom stereocenters. The van der Waals surface area contributed by atoms with Crippen molar-refractivity contribution in [3.05, 3.63) is 35.5 Å². The maximum absolute atomic E-state index is 13.4. The van der Waals surface area contributed by atoms with E-state index in [0.717, 1.165) is 5.69 Å². The molecule has 0 fully saturated rings. The molecule has 0 amide bonds. The van der Waals surface area contributed by atoms with E-state index in [1.165, 1.54) is 19.2 Å². The zero-order valence-electron chi connectivity index (χ0n) is 11.4. The van der Waals surface area contributed by atoms with Gasteiger partial charge in [-0.15, -0.1) is 0 Å². The van der Waals surface area contributed by atoms with Crippen molar-refractivity contribution in [1.29, 1.82) is 0 Å². The van der Waals surface area contributed by atoms with Crippen molar-refractivity contribution in [2.75, 3.05) is 7.11 Å². The van der Waals surface area contributed by atoms with E-state index >= 15 is 0 Å². The molecular formula is C14H17FN2O2. The number of aryl methyl sites for hydroxylation is 1. The van der Waals surface area contributed by atoms with Crippen LogP contribution in [0.1, 0.15) is 25.4 Å². The van der Waals surface area contributed by atoms with Gasteiger partial charge >= 0.3 is 0 Å². The number of nitrogens with zero attached hydrogens (tertiary/aromatic N) is 1. The number of halogens is 1. The van der Waals surface area contributed by atoms with Gasteiger partial charge in [-0.1, -0.05) is 0 Å². The van der Waals surface area contributed by atoms with Gasteiger partial charge in [-0.2, -0.15) is 0 Å². The van der Waals surface area contributed by atoms with E-state index in [1.54, 1.807) is 19.9 Å². The molecule has 0 aliphatic heterocycles. The van der Waals surface area contributed by atoms with Crippen LogP contribution in [-0.4, -0.2) is 22.2 Å². The Labute approximate surface area is 111 Å². The van der Waals surface area contributed by atoms with E-state index in [0.29, 0.717) is 22.8 Å². The number of methoxy groups -OCH3 is 1. The van der Waals surface area contributed by atoms with Crippen LogP contribution in [0.4, 0.5) is 4.39 Å². The Morgan fingerprint density at radius 1 is 1.37 bits per heavy atom. The van der Waals surface area contributed by atoms with Gasteiger partial charge in [0.05, 0.1) is 12.8 Å². The van der Waals surface area contributed by atoms with Gasteiger partial charge in [0.1, 0.15) is 23.0 Å². The Balaban J connectivity index is 2.59. The Hall–Kier alpha value is -1.88. The monoisotopic (exact) mass is 264 g/mol. The topological polar surface area (TPSA) is 58.1 Å². The minimum atomic E-state index is -1.08. The second-order valence-corrected chi connectivity index (χ2v) is 4.96. The molecule has 1 aromatic carbocycles. The molecule has 2 N–H and O–H groups in total. The molecule has 0 aliphatic carbocycles. The highest BCUT2D eigenvalue weighted by molar-refractivity contribution is 5.69. The molecule has 2 rings (SSSR count). The standard InChI is InChI=1S/C14H17FN2O2/c1-8-12(17-13(16-8)14(2,3)18)10-7-9(15)5-6-11(10)19-4/h5-7,18H,1-4H3,(H,16,17). The number of rotatable bonds is 3. The van der Waals surface area contributed by atoms with Gasteiger partial charge in [-0.05, 0) is 39.0 Å². The summed E-state index contributed by atoms with van der Waals surface area (Å²) in [5, 5.41) is 9.96. The van der Waals surface area contributed by atoms with Gasteiger partial charge in [-0.25, -0.2) is 9.37 Å². The molecule has 0 unspecified atom stereocenters. The van der Waals surface area contributed by atoms with Gasteiger partial charge in [-0.3, -0.25) is 0 Å². The summed E-state index contributed by atoms with van der Waals surface area (Å²) in [6.45, 7) is 5.09. The summed E-state index contributed by atoms with van der Waals surface area (Å²) in [4.78, 5) is 7.36. The van der Waals surface area contributed by atoms with Crippen LogP contribution in [0.5, 0.6) is 5.75 Å². The molecule has 2 aromatic rings. The van der Waals surface area contributed by atoms with Crippen LogP contribution in [0.15, 0.2) is 18.2 Å². The number of hydrogen-bond donors (Lipinski definition) is 2. The third-order valence-electron chi connectivity index (χ3n) is 2.88. The highest BCUT2D eigenvalue weighted by atomic mass is 19.1. The first kappa shape index (κ1) is 13.5. The van der Waals surface area contributed by atoms with Crippen molar-refractivity contribution >= 4 is 0 Å². The lowest BCUT2D eigenvalue weighted by Gasteiger charge is -2.13. The predicted molar refractivity (Wildman–Crippen MR) is 70.5 cm³/mol. The van der Waals surface area contributed by atoms with Crippen LogP contribution in [-0.2, 0) is 5.60 Å². The predicted octanol–water partition coefficient (Wildman–Crippen LogP) is 2.76. The minimum Gasteiger partial charge on any atom is -0.496 e. The summed E-state index contributed by atoms with van der Waals surface area (Å²) in [5.74, 6) is 0.618. The molecule has 1 heterocycles. The van der Waals surface area contributed by atoms with Crippen molar-refractivity contribution in [1.82, 2.24) is 9.97 Å². The van der Waals surface area contributed by atoms with Gasteiger partial charge < -0.3 is 14.8 Å². The zero-order chi connectivity index (χ0) is 14.2. The molecule has 0 aliphatic rings. The molecular weight excluding hydrogens is 247 g/mol. The molecule has 0 saturated heterocycles. The second kappa shape index (κ2) is 4.66. The van der Waals surface area contributed by atoms with Crippen molar-refractivity contribution < 1.29 is 14.2 Å². The van der Waals surface area contributed by atoms with E-state index in [9.17, 15) is 9.50 Å². The Bertz CT molecular complexity index is 600. The van der Waals surface area contributed by atoms with E-state index in [1.807, 2.05) is 6.92 Å². The first-order chi connectivity index (χ1) is 8.82. The fourth-order valence-electron chi connectivity index (χ4n) is 1.88. The van der Waals surface area contributed by atoms with Crippen LogP contribution >= 0.6 is 0 Å². The first-order valence-corrected chi connectivity index (χ1v) is 5.96. The van der Waals surface area contributed by atoms with Gasteiger partial charge in [0.15, 0.2) is 0 Å². The van der Waals surface area contributed by atoms with Crippen molar-refractivity contribution in [2.24, 2.45) is 0 Å². The third-order valence-corrected chi connectivity index (χ3v) is 2.88. The molecule has 0 saturated carbocycles. The average Bonchev–Trinajstić information content (AvgIpc) is 2.71. The normalized spacial score (nSPS) is 11.7. The third kappa shape index (κ3) is 2.61. The number of ether oxygens (including phenoxy) is 1. The number of H-pyrrole nitrogens is 1. The summed E-state index contributed by atoms with van der Waals surface area (Å²) in [5.41, 5.74) is 0.810. The number of imidazole rings is 1. The summed E-state index contributed by atoms with van der Waals surface area (Å²) >= 11 is 0. The van der Waals surface area contributed by atoms with Crippen molar-refractivity contribution in [3.8, 4) is 17.0 Å². The van der Waals surface area contributed by atoms with E-state index < -0.39 is 5.60 Å². The fourth-order valence-corrected chi connectivity index (χ4v) is 1.88. The molecule has 19 heavy (non-hydrogen) atoms. The first-order valence-electron chi connectivity index (χ1n) is 5.96. The summed E-state index contributed by atoms with van der Waals surface area (Å²) in [7, 11) is 1.52. The quantitative estimate of drug-likeness (QED) is 0.896. The minimum absolute atomic E-state index is 0.358. The number of aromatic amines is 1.